The van der Waals surface area contributed by atoms with Crippen molar-refractivity contribution < 1.29 is 30.0 Å². The van der Waals surface area contributed by atoms with Crippen LogP contribution in [0.15, 0.2) is 0 Å². The van der Waals surface area contributed by atoms with Crippen molar-refractivity contribution in [3.8, 4) is 0 Å². The first-order valence-corrected chi connectivity index (χ1v) is 16.4. The molecule has 0 amide bonds. The predicted molar refractivity (Wildman–Crippen MR) is 165 cm³/mol. The highest BCUT2D eigenvalue weighted by Crippen LogP contribution is 2.14. The number of unbranched alkanes of at least 4 members (excludes halogenated alkanes) is 19. The molecule has 0 aliphatic carbocycles. The number of rotatable bonds is 26. The molecule has 0 fully saturated rings. The van der Waals surface area contributed by atoms with Crippen molar-refractivity contribution in [3.63, 3.8) is 0 Å². The van der Waals surface area contributed by atoms with Gasteiger partial charge in [0.25, 0.3) is 0 Å². The minimum Gasteiger partial charge on any atom is -0.481 e. The normalized spacial score (nSPS) is 11.4. The van der Waals surface area contributed by atoms with Crippen LogP contribution < -0.4 is 0 Å². The van der Waals surface area contributed by atoms with Crippen LogP contribution in [0.3, 0.4) is 0 Å². The van der Waals surface area contributed by atoms with Crippen LogP contribution in [0, 0.1) is 5.92 Å². The van der Waals surface area contributed by atoms with Gasteiger partial charge in [-0.15, -0.1) is 0 Å². The lowest BCUT2D eigenvalue weighted by atomic mass is 10.0. The fraction of sp³-hybridized carbons (Fsp3) is 0.939. The van der Waals surface area contributed by atoms with Gasteiger partial charge in [-0.05, 0) is 25.7 Å². The molecule has 0 radical (unpaired) electrons. The Morgan fingerprint density at radius 2 is 0.769 bits per heavy atom. The zero-order valence-corrected chi connectivity index (χ0v) is 26.4. The monoisotopic (exact) mass is 561 g/mol. The van der Waals surface area contributed by atoms with Crippen LogP contribution >= 0.6 is 0 Å². The van der Waals surface area contributed by atoms with Crippen LogP contribution in [0.25, 0.3) is 0 Å². The number of carboxylic acid groups (broad SMARTS) is 2. The van der Waals surface area contributed by atoms with Crippen LogP contribution in [0.5, 0.6) is 0 Å². The van der Waals surface area contributed by atoms with E-state index < -0.39 is 18.0 Å². The minimum atomic E-state index is -0.659. The third-order valence-electron chi connectivity index (χ3n) is 6.68. The average molecular weight is 561 g/mol. The van der Waals surface area contributed by atoms with Gasteiger partial charge in [0.2, 0.25) is 0 Å². The van der Waals surface area contributed by atoms with Gasteiger partial charge in [0.1, 0.15) is 0 Å². The molecule has 0 aromatic rings. The summed E-state index contributed by atoms with van der Waals surface area (Å²) in [6.45, 7) is 8.23. The molecule has 4 N–H and O–H groups in total. The number of carbonyl (C=O) groups is 2. The largest absolute Gasteiger partial charge is 0.481 e. The first kappa shape index (κ1) is 42.3. The molecule has 0 saturated carbocycles. The summed E-state index contributed by atoms with van der Waals surface area (Å²) >= 11 is 0. The van der Waals surface area contributed by atoms with Crippen LogP contribution in [0.1, 0.15) is 182 Å². The van der Waals surface area contributed by atoms with E-state index in [9.17, 15) is 9.59 Å². The number of hydrogen-bond acceptors (Lipinski definition) is 4. The highest BCUT2D eigenvalue weighted by atomic mass is 16.4. The van der Waals surface area contributed by atoms with Crippen LogP contribution in [0.2, 0.25) is 0 Å². The molecule has 0 rings (SSSR count). The summed E-state index contributed by atoms with van der Waals surface area (Å²) in [5, 5.41) is 32.9. The molecule has 236 valence electrons. The minimum absolute atomic E-state index is 0.139. The van der Waals surface area contributed by atoms with E-state index in [1.165, 1.54) is 122 Å². The van der Waals surface area contributed by atoms with E-state index in [0.29, 0.717) is 12.8 Å². The lowest BCUT2D eigenvalue weighted by Crippen LogP contribution is -2.03. The fourth-order valence-electron chi connectivity index (χ4n) is 4.18. The molecule has 39 heavy (non-hydrogen) atoms. The second kappa shape index (κ2) is 36.9. The number of aliphatic hydroxyl groups is 2. The quantitative estimate of drug-likeness (QED) is 0.0783. The molecular formula is C33H68O6. The first-order valence-electron chi connectivity index (χ1n) is 16.4. The molecule has 6 heteroatoms. The van der Waals surface area contributed by atoms with Gasteiger partial charge in [-0.3, -0.25) is 9.59 Å². The SMILES string of the molecule is CC(C)CCCCCCCCCCCCCCC(=O)O.CC(O)CO.CCCCCCCCCCCC(=O)O. The van der Waals surface area contributed by atoms with Gasteiger partial charge in [0.05, 0.1) is 12.7 Å². The second-order valence-corrected chi connectivity index (χ2v) is 11.6. The summed E-state index contributed by atoms with van der Waals surface area (Å²) in [4.78, 5) is 20.5. The van der Waals surface area contributed by atoms with Gasteiger partial charge >= 0.3 is 11.9 Å². The Labute approximate surface area is 242 Å². The smallest absolute Gasteiger partial charge is 0.303 e. The summed E-state index contributed by atoms with van der Waals surface area (Å²) in [5.74, 6) is -0.447. The van der Waals surface area contributed by atoms with E-state index in [0.717, 1.165) is 31.6 Å². The fourth-order valence-corrected chi connectivity index (χ4v) is 4.18. The van der Waals surface area contributed by atoms with Crippen molar-refractivity contribution >= 4 is 11.9 Å². The summed E-state index contributed by atoms with van der Waals surface area (Å²) in [6.07, 6.45) is 28.2. The standard InChI is InChI=1S/C18H36O2.C12H24O2.C3H8O2/c1-17(2)15-13-11-9-7-5-3-4-6-8-10-12-14-16-18(19)20;1-2-3-4-5-6-7-8-9-10-11-12(13)14;1-3(5)2-4/h17H,3-16H2,1-2H3,(H,19,20);2-11H2,1H3,(H,13,14);3-5H,2H2,1H3. The number of aliphatic hydroxyl groups excluding tert-OH is 2. The van der Waals surface area contributed by atoms with E-state index in [2.05, 4.69) is 20.8 Å². The van der Waals surface area contributed by atoms with E-state index >= 15 is 0 Å². The summed E-state index contributed by atoms with van der Waals surface area (Å²) < 4.78 is 0. The third kappa shape index (κ3) is 53.8. The second-order valence-electron chi connectivity index (χ2n) is 11.6. The Hall–Kier alpha value is -1.14. The Balaban J connectivity index is -0.000000590. The third-order valence-corrected chi connectivity index (χ3v) is 6.68. The van der Waals surface area contributed by atoms with E-state index in [1.807, 2.05) is 0 Å². The van der Waals surface area contributed by atoms with Crippen molar-refractivity contribution in [2.24, 2.45) is 5.92 Å². The highest BCUT2D eigenvalue weighted by molar-refractivity contribution is 5.66. The Kier molecular flexibility index (Phi) is 40.0. The molecule has 0 bridgehead atoms. The number of aliphatic carboxylic acids is 2. The molecule has 1 unspecified atom stereocenters. The van der Waals surface area contributed by atoms with Gasteiger partial charge in [-0.1, -0.05) is 149 Å². The molecule has 0 aromatic carbocycles. The lowest BCUT2D eigenvalue weighted by Gasteiger charge is -2.04. The van der Waals surface area contributed by atoms with Crippen molar-refractivity contribution in [2.75, 3.05) is 6.61 Å². The van der Waals surface area contributed by atoms with Gasteiger partial charge in [-0.2, -0.15) is 0 Å². The molecule has 0 aromatic heterocycles. The zero-order chi connectivity index (χ0) is 30.0. The first-order chi connectivity index (χ1) is 18.7. The predicted octanol–water partition coefficient (Wildman–Crippen LogP) is 9.54. The summed E-state index contributed by atoms with van der Waals surface area (Å²) in [6, 6.07) is 0. The summed E-state index contributed by atoms with van der Waals surface area (Å²) in [5.41, 5.74) is 0. The van der Waals surface area contributed by atoms with E-state index in [4.69, 9.17) is 20.4 Å². The molecule has 1 atom stereocenters. The van der Waals surface area contributed by atoms with Crippen LogP contribution in [-0.4, -0.2) is 45.1 Å². The van der Waals surface area contributed by atoms with Crippen molar-refractivity contribution in [1.29, 1.82) is 0 Å². The van der Waals surface area contributed by atoms with Crippen molar-refractivity contribution in [1.82, 2.24) is 0 Å². The Morgan fingerprint density at radius 3 is 1.00 bits per heavy atom. The van der Waals surface area contributed by atoms with E-state index in [1.54, 1.807) is 0 Å². The molecule has 0 heterocycles. The zero-order valence-electron chi connectivity index (χ0n) is 26.4. The maximum absolute atomic E-state index is 10.3. The molecule has 0 aliphatic heterocycles. The van der Waals surface area contributed by atoms with Gasteiger partial charge < -0.3 is 20.4 Å². The molecule has 0 aliphatic rings. The summed E-state index contributed by atoms with van der Waals surface area (Å²) in [7, 11) is 0. The highest BCUT2D eigenvalue weighted by Gasteiger charge is 1.98. The molecular weight excluding hydrogens is 492 g/mol. The molecule has 0 saturated heterocycles. The van der Waals surface area contributed by atoms with Crippen molar-refractivity contribution in [3.05, 3.63) is 0 Å². The molecule has 0 spiro atoms. The Morgan fingerprint density at radius 1 is 0.513 bits per heavy atom. The van der Waals surface area contributed by atoms with Crippen LogP contribution in [-0.2, 0) is 9.59 Å². The van der Waals surface area contributed by atoms with Gasteiger partial charge in [0, 0.05) is 12.8 Å². The molecule has 6 nitrogen and oxygen atoms in total. The van der Waals surface area contributed by atoms with Crippen molar-refractivity contribution in [2.45, 2.75) is 188 Å². The van der Waals surface area contributed by atoms with Gasteiger partial charge in [-0.25, -0.2) is 0 Å². The Bertz CT molecular complexity index is 479. The maximum Gasteiger partial charge on any atom is 0.303 e. The van der Waals surface area contributed by atoms with E-state index in [-0.39, 0.29) is 6.61 Å². The average Bonchev–Trinajstić information content (AvgIpc) is 2.88. The van der Waals surface area contributed by atoms with Crippen LogP contribution in [0.4, 0.5) is 0 Å². The van der Waals surface area contributed by atoms with Gasteiger partial charge in [0.15, 0.2) is 0 Å². The lowest BCUT2D eigenvalue weighted by molar-refractivity contribution is -0.138. The number of carboxylic acids is 2. The number of hydrogen-bond donors (Lipinski definition) is 4. The maximum atomic E-state index is 10.3. The topological polar surface area (TPSA) is 115 Å².